The summed E-state index contributed by atoms with van der Waals surface area (Å²) in [5.74, 6) is -0.241. The van der Waals surface area contributed by atoms with Gasteiger partial charge in [-0.3, -0.25) is 9.78 Å². The highest BCUT2D eigenvalue weighted by atomic mass is 16.1. The molecule has 2 aromatic heterocycles. The third-order valence-electron chi connectivity index (χ3n) is 4.07. The van der Waals surface area contributed by atoms with E-state index in [2.05, 4.69) is 25.6 Å². The maximum absolute atomic E-state index is 12.4. The maximum atomic E-state index is 12.4. The summed E-state index contributed by atoms with van der Waals surface area (Å²) >= 11 is 0. The average molecular weight is 351 g/mol. The number of nitrogens with one attached hydrogen (secondary N) is 1. The summed E-state index contributed by atoms with van der Waals surface area (Å²) in [5.41, 5.74) is 10.6. The fraction of sp³-hybridized carbons (Fsp3) is 0.278. The largest absolute Gasteiger partial charge is 0.347 e. The molecule has 8 nitrogen and oxygen atoms in total. The van der Waals surface area contributed by atoms with Gasteiger partial charge in [-0.25, -0.2) is 9.67 Å². The van der Waals surface area contributed by atoms with Gasteiger partial charge in [-0.1, -0.05) is 17.3 Å². The zero-order valence-corrected chi connectivity index (χ0v) is 15.0. The fourth-order valence-electron chi connectivity index (χ4n) is 2.52. The molecule has 0 bridgehead atoms. The standard InChI is InChI=1S/C18H21N7O/c1-11-12(2)22-17(13(3)21-11)18(26)20-9-14-5-4-6-16(7-14)25-10-15(8-19)23-24-25/h4-7,10H,8-9,19H2,1-3H3,(H,20,26). The van der Waals surface area contributed by atoms with E-state index in [0.717, 1.165) is 22.6 Å². The second-order valence-corrected chi connectivity index (χ2v) is 6.04. The minimum atomic E-state index is -0.241. The van der Waals surface area contributed by atoms with Gasteiger partial charge in [-0.15, -0.1) is 5.10 Å². The fourth-order valence-corrected chi connectivity index (χ4v) is 2.52. The molecule has 0 fully saturated rings. The van der Waals surface area contributed by atoms with Crippen molar-refractivity contribution in [3.8, 4) is 5.69 Å². The molecule has 0 atom stereocenters. The highest BCUT2D eigenvalue weighted by molar-refractivity contribution is 5.93. The lowest BCUT2D eigenvalue weighted by atomic mass is 10.2. The van der Waals surface area contributed by atoms with Gasteiger partial charge >= 0.3 is 0 Å². The highest BCUT2D eigenvalue weighted by Crippen LogP contribution is 2.11. The van der Waals surface area contributed by atoms with E-state index in [9.17, 15) is 4.79 Å². The Hall–Kier alpha value is -3.13. The van der Waals surface area contributed by atoms with E-state index in [1.165, 1.54) is 0 Å². The molecule has 0 radical (unpaired) electrons. The zero-order chi connectivity index (χ0) is 18.7. The van der Waals surface area contributed by atoms with Gasteiger partial charge in [-0.05, 0) is 38.5 Å². The summed E-state index contributed by atoms with van der Waals surface area (Å²) in [5, 5.41) is 10.9. The van der Waals surface area contributed by atoms with Gasteiger partial charge in [0.25, 0.3) is 5.91 Å². The van der Waals surface area contributed by atoms with E-state index in [1.807, 2.05) is 38.1 Å². The monoisotopic (exact) mass is 351 g/mol. The quantitative estimate of drug-likeness (QED) is 0.718. The molecule has 8 heteroatoms. The van der Waals surface area contributed by atoms with Crippen LogP contribution in [0, 0.1) is 20.8 Å². The predicted molar refractivity (Wildman–Crippen MR) is 96.7 cm³/mol. The molecule has 3 aromatic rings. The molecule has 1 amide bonds. The van der Waals surface area contributed by atoms with Crippen molar-refractivity contribution in [3.05, 3.63) is 64.5 Å². The van der Waals surface area contributed by atoms with Crippen molar-refractivity contribution < 1.29 is 4.79 Å². The van der Waals surface area contributed by atoms with Gasteiger partial charge in [0, 0.05) is 13.1 Å². The van der Waals surface area contributed by atoms with Crippen LogP contribution in [0.15, 0.2) is 30.5 Å². The number of rotatable bonds is 5. The van der Waals surface area contributed by atoms with Crippen molar-refractivity contribution >= 4 is 5.91 Å². The van der Waals surface area contributed by atoms with Crippen molar-refractivity contribution in [1.82, 2.24) is 30.3 Å². The smallest absolute Gasteiger partial charge is 0.272 e. The number of amides is 1. The first kappa shape index (κ1) is 17.7. The Morgan fingerprint density at radius 2 is 1.92 bits per heavy atom. The predicted octanol–water partition coefficient (Wildman–Crippen LogP) is 1.37. The molecule has 0 saturated heterocycles. The van der Waals surface area contributed by atoms with E-state index in [-0.39, 0.29) is 5.91 Å². The van der Waals surface area contributed by atoms with E-state index >= 15 is 0 Å². The number of carbonyl (C=O) groups is 1. The third kappa shape index (κ3) is 3.75. The summed E-state index contributed by atoms with van der Waals surface area (Å²) in [6.07, 6.45) is 1.78. The van der Waals surface area contributed by atoms with Crippen LogP contribution in [0.3, 0.4) is 0 Å². The lowest BCUT2D eigenvalue weighted by Gasteiger charge is -2.09. The van der Waals surface area contributed by atoms with E-state index in [0.29, 0.717) is 30.2 Å². The number of nitrogens with two attached hydrogens (primary N) is 1. The SMILES string of the molecule is Cc1nc(C)c(C(=O)NCc2cccc(-n3cc(CN)nn3)c2)nc1C. The van der Waals surface area contributed by atoms with Gasteiger partial charge < -0.3 is 11.1 Å². The van der Waals surface area contributed by atoms with Crippen LogP contribution in [0.4, 0.5) is 0 Å². The molecule has 2 heterocycles. The Balaban J connectivity index is 1.73. The van der Waals surface area contributed by atoms with Crippen molar-refractivity contribution in [2.45, 2.75) is 33.9 Å². The first-order valence-electron chi connectivity index (χ1n) is 8.28. The van der Waals surface area contributed by atoms with E-state index < -0.39 is 0 Å². The Bertz CT molecular complexity index is 948. The minimum absolute atomic E-state index is 0.241. The molecule has 0 aliphatic heterocycles. The van der Waals surface area contributed by atoms with Gasteiger partial charge in [0.15, 0.2) is 0 Å². The zero-order valence-electron chi connectivity index (χ0n) is 15.0. The number of hydrogen-bond acceptors (Lipinski definition) is 6. The van der Waals surface area contributed by atoms with Crippen LogP contribution in [0.1, 0.15) is 38.8 Å². The molecule has 0 saturated carbocycles. The van der Waals surface area contributed by atoms with Crippen molar-refractivity contribution in [2.75, 3.05) is 0 Å². The van der Waals surface area contributed by atoms with Crippen LogP contribution >= 0.6 is 0 Å². The molecule has 134 valence electrons. The molecule has 3 N–H and O–H groups in total. The Labute approximate surface area is 151 Å². The van der Waals surface area contributed by atoms with Crippen LogP contribution < -0.4 is 11.1 Å². The molecule has 0 unspecified atom stereocenters. The number of benzene rings is 1. The lowest BCUT2D eigenvalue weighted by molar-refractivity contribution is 0.0944. The minimum Gasteiger partial charge on any atom is -0.347 e. The number of nitrogens with zero attached hydrogens (tertiary/aromatic N) is 5. The maximum Gasteiger partial charge on any atom is 0.272 e. The first-order valence-corrected chi connectivity index (χ1v) is 8.28. The summed E-state index contributed by atoms with van der Waals surface area (Å²) in [4.78, 5) is 21.2. The molecular weight excluding hydrogens is 330 g/mol. The summed E-state index contributed by atoms with van der Waals surface area (Å²) in [7, 11) is 0. The summed E-state index contributed by atoms with van der Waals surface area (Å²) < 4.78 is 1.66. The molecular formula is C18H21N7O. The second kappa shape index (κ2) is 7.40. The van der Waals surface area contributed by atoms with Gasteiger partial charge in [0.05, 0.1) is 34.7 Å². The topological polar surface area (TPSA) is 112 Å². The van der Waals surface area contributed by atoms with Gasteiger partial charge in [0.1, 0.15) is 5.69 Å². The van der Waals surface area contributed by atoms with Gasteiger partial charge in [0.2, 0.25) is 0 Å². The van der Waals surface area contributed by atoms with E-state index in [1.54, 1.807) is 17.8 Å². The number of carbonyl (C=O) groups excluding carboxylic acids is 1. The Morgan fingerprint density at radius 1 is 1.15 bits per heavy atom. The molecule has 0 aliphatic carbocycles. The Kier molecular flexibility index (Phi) is 5.04. The van der Waals surface area contributed by atoms with Crippen molar-refractivity contribution in [1.29, 1.82) is 0 Å². The van der Waals surface area contributed by atoms with Gasteiger partial charge in [-0.2, -0.15) is 0 Å². The van der Waals surface area contributed by atoms with Crippen LogP contribution in [0.2, 0.25) is 0 Å². The van der Waals surface area contributed by atoms with E-state index in [4.69, 9.17) is 5.73 Å². The van der Waals surface area contributed by atoms with Crippen molar-refractivity contribution in [2.24, 2.45) is 5.73 Å². The Morgan fingerprint density at radius 3 is 2.65 bits per heavy atom. The normalized spacial score (nSPS) is 10.8. The average Bonchev–Trinajstić information content (AvgIpc) is 3.12. The molecule has 0 spiro atoms. The third-order valence-corrected chi connectivity index (χ3v) is 4.07. The lowest BCUT2D eigenvalue weighted by Crippen LogP contribution is -2.25. The number of hydrogen-bond donors (Lipinski definition) is 2. The van der Waals surface area contributed by atoms with Crippen molar-refractivity contribution in [3.63, 3.8) is 0 Å². The van der Waals surface area contributed by atoms with Crippen LogP contribution in [-0.2, 0) is 13.1 Å². The second-order valence-electron chi connectivity index (χ2n) is 6.04. The molecule has 1 aromatic carbocycles. The highest BCUT2D eigenvalue weighted by Gasteiger charge is 2.13. The van der Waals surface area contributed by atoms with Crippen LogP contribution in [0.25, 0.3) is 5.69 Å². The molecule has 26 heavy (non-hydrogen) atoms. The number of aryl methyl sites for hydroxylation is 3. The number of aromatic nitrogens is 5. The summed E-state index contributed by atoms with van der Waals surface area (Å²) in [6.45, 7) is 6.22. The van der Waals surface area contributed by atoms with Crippen LogP contribution in [0.5, 0.6) is 0 Å². The molecule has 0 aliphatic rings. The molecule has 3 rings (SSSR count). The first-order chi connectivity index (χ1) is 12.5. The van der Waals surface area contributed by atoms with Crippen LogP contribution in [-0.4, -0.2) is 30.9 Å². The summed E-state index contributed by atoms with van der Waals surface area (Å²) in [6, 6.07) is 7.69.